The topological polar surface area (TPSA) is 72.3 Å². The highest BCUT2D eigenvalue weighted by molar-refractivity contribution is 7.91. The Bertz CT molecular complexity index is 782. The zero-order chi connectivity index (χ0) is 16.3. The van der Waals surface area contributed by atoms with Crippen LogP contribution in [0.3, 0.4) is 0 Å². The molecule has 1 aromatic heterocycles. The average Bonchev–Trinajstić information content (AvgIpc) is 2.99. The van der Waals surface area contributed by atoms with Crippen LogP contribution in [0.4, 0.5) is 9.18 Å². The summed E-state index contributed by atoms with van der Waals surface area (Å²) in [5, 5.41) is 3.53. The third-order valence-electron chi connectivity index (χ3n) is 3.18. The monoisotopic (exact) mass is 325 g/mol. The molecule has 0 aliphatic carbocycles. The van der Waals surface area contributed by atoms with Crippen molar-refractivity contribution in [1.82, 2.24) is 14.7 Å². The molecule has 0 fully saturated rings. The number of carbonyl (C=O) groups is 1. The van der Waals surface area contributed by atoms with Crippen LogP contribution in [0.5, 0.6) is 0 Å². The Morgan fingerprint density at radius 1 is 1.27 bits per heavy atom. The van der Waals surface area contributed by atoms with Gasteiger partial charge in [-0.25, -0.2) is 17.6 Å². The third-order valence-corrected chi connectivity index (χ3v) is 4.82. The fourth-order valence-electron chi connectivity index (χ4n) is 1.95. The molecule has 2 rings (SSSR count). The van der Waals surface area contributed by atoms with Crippen LogP contribution in [0.15, 0.2) is 46.5 Å². The predicted octanol–water partition coefficient (Wildman–Crippen LogP) is 2.16. The van der Waals surface area contributed by atoms with Gasteiger partial charge in [-0.2, -0.15) is 9.78 Å². The summed E-state index contributed by atoms with van der Waals surface area (Å²) in [5.74, 6) is -0.653. The molecule has 0 aliphatic rings. The van der Waals surface area contributed by atoms with Gasteiger partial charge in [-0.15, -0.1) is 0 Å². The van der Waals surface area contributed by atoms with Crippen molar-refractivity contribution in [2.24, 2.45) is 0 Å². The van der Waals surface area contributed by atoms with Crippen LogP contribution in [0, 0.1) is 5.82 Å². The standard InChI is InChI=1S/C14H16FN3O3S/c1-3-17(4-2)14(19)18-9-8-13(16-18)22(20,21)12-7-5-6-11(15)10-12/h5-10H,3-4H2,1-2H3. The summed E-state index contributed by atoms with van der Waals surface area (Å²) in [6.07, 6.45) is 1.28. The first-order chi connectivity index (χ1) is 10.4. The van der Waals surface area contributed by atoms with Crippen molar-refractivity contribution >= 4 is 15.9 Å². The highest BCUT2D eigenvalue weighted by Crippen LogP contribution is 2.19. The molecule has 0 aliphatic heterocycles. The first-order valence-electron chi connectivity index (χ1n) is 6.75. The molecule has 0 atom stereocenters. The zero-order valence-electron chi connectivity index (χ0n) is 12.2. The summed E-state index contributed by atoms with van der Waals surface area (Å²) in [6.45, 7) is 4.60. The molecule has 2 aromatic rings. The van der Waals surface area contributed by atoms with Crippen molar-refractivity contribution in [3.8, 4) is 0 Å². The van der Waals surface area contributed by atoms with Gasteiger partial charge in [0.05, 0.1) is 4.90 Å². The quantitative estimate of drug-likeness (QED) is 0.863. The minimum absolute atomic E-state index is 0.201. The lowest BCUT2D eigenvalue weighted by atomic mass is 10.4. The van der Waals surface area contributed by atoms with E-state index in [9.17, 15) is 17.6 Å². The van der Waals surface area contributed by atoms with Crippen molar-refractivity contribution in [3.05, 3.63) is 42.3 Å². The third kappa shape index (κ3) is 3.01. The fourth-order valence-corrected chi connectivity index (χ4v) is 3.15. The van der Waals surface area contributed by atoms with Crippen LogP contribution in [-0.2, 0) is 9.84 Å². The molecule has 8 heteroatoms. The molecule has 22 heavy (non-hydrogen) atoms. The van der Waals surface area contributed by atoms with Gasteiger partial charge in [0.25, 0.3) is 0 Å². The van der Waals surface area contributed by atoms with Gasteiger partial charge in [0.2, 0.25) is 9.84 Å². The van der Waals surface area contributed by atoms with Crippen LogP contribution in [0.1, 0.15) is 13.8 Å². The van der Waals surface area contributed by atoms with E-state index < -0.39 is 21.7 Å². The van der Waals surface area contributed by atoms with E-state index in [0.29, 0.717) is 13.1 Å². The lowest BCUT2D eigenvalue weighted by molar-refractivity contribution is 0.201. The Morgan fingerprint density at radius 2 is 1.95 bits per heavy atom. The summed E-state index contributed by atoms with van der Waals surface area (Å²) in [5.41, 5.74) is 0. The van der Waals surface area contributed by atoms with Gasteiger partial charge >= 0.3 is 6.03 Å². The summed E-state index contributed by atoms with van der Waals surface area (Å²) in [6, 6.07) is 5.47. The van der Waals surface area contributed by atoms with E-state index in [1.165, 1.54) is 29.3 Å². The molecule has 1 aromatic carbocycles. The number of halogens is 1. The van der Waals surface area contributed by atoms with Crippen molar-refractivity contribution in [2.45, 2.75) is 23.8 Å². The van der Waals surface area contributed by atoms with Crippen molar-refractivity contribution in [2.75, 3.05) is 13.1 Å². The molecule has 1 heterocycles. The summed E-state index contributed by atoms with van der Waals surface area (Å²) < 4.78 is 38.9. The normalized spacial score (nSPS) is 11.4. The largest absolute Gasteiger partial charge is 0.344 e. The second-order valence-electron chi connectivity index (χ2n) is 4.51. The molecular weight excluding hydrogens is 309 g/mol. The average molecular weight is 325 g/mol. The van der Waals surface area contributed by atoms with Gasteiger partial charge in [-0.1, -0.05) is 6.07 Å². The summed E-state index contributed by atoms with van der Waals surface area (Å²) in [7, 11) is -3.96. The van der Waals surface area contributed by atoms with E-state index in [-0.39, 0.29) is 9.92 Å². The smallest absolute Gasteiger partial charge is 0.323 e. The van der Waals surface area contributed by atoms with Crippen molar-refractivity contribution < 1.29 is 17.6 Å². The van der Waals surface area contributed by atoms with Gasteiger partial charge < -0.3 is 4.90 Å². The van der Waals surface area contributed by atoms with Gasteiger partial charge in [0.1, 0.15) is 5.82 Å². The first kappa shape index (κ1) is 16.2. The molecule has 0 saturated carbocycles. The Morgan fingerprint density at radius 3 is 2.55 bits per heavy atom. The van der Waals surface area contributed by atoms with Gasteiger partial charge in [0.15, 0.2) is 5.03 Å². The van der Waals surface area contributed by atoms with Gasteiger partial charge in [0, 0.05) is 19.3 Å². The lowest BCUT2D eigenvalue weighted by Crippen LogP contribution is -2.34. The minimum atomic E-state index is -3.96. The first-order valence-corrected chi connectivity index (χ1v) is 8.24. The maximum absolute atomic E-state index is 13.2. The van der Waals surface area contributed by atoms with E-state index in [4.69, 9.17) is 0 Å². The van der Waals surface area contributed by atoms with Crippen LogP contribution in [-0.4, -0.2) is 42.2 Å². The Hall–Kier alpha value is -2.22. The van der Waals surface area contributed by atoms with Crippen LogP contribution in [0.25, 0.3) is 0 Å². The molecule has 0 N–H and O–H groups in total. The minimum Gasteiger partial charge on any atom is -0.323 e. The summed E-state index contributed by atoms with van der Waals surface area (Å²) >= 11 is 0. The second-order valence-corrected chi connectivity index (χ2v) is 6.41. The van der Waals surface area contributed by atoms with Crippen LogP contribution >= 0.6 is 0 Å². The van der Waals surface area contributed by atoms with Crippen molar-refractivity contribution in [1.29, 1.82) is 0 Å². The molecule has 0 spiro atoms. The number of sulfone groups is 1. The van der Waals surface area contributed by atoms with E-state index in [2.05, 4.69) is 5.10 Å². The number of hydrogen-bond donors (Lipinski definition) is 0. The zero-order valence-corrected chi connectivity index (χ0v) is 13.0. The molecular formula is C14H16FN3O3S. The van der Waals surface area contributed by atoms with Crippen molar-refractivity contribution in [3.63, 3.8) is 0 Å². The van der Waals surface area contributed by atoms with E-state index >= 15 is 0 Å². The molecule has 0 radical (unpaired) electrons. The summed E-state index contributed by atoms with van der Waals surface area (Å²) in [4.78, 5) is 13.4. The number of aromatic nitrogens is 2. The predicted molar refractivity (Wildman–Crippen MR) is 77.8 cm³/mol. The van der Waals surface area contributed by atoms with E-state index in [1.807, 2.05) is 13.8 Å². The lowest BCUT2D eigenvalue weighted by Gasteiger charge is -2.17. The molecule has 0 bridgehead atoms. The fraction of sp³-hybridized carbons (Fsp3) is 0.286. The maximum atomic E-state index is 13.2. The number of hydrogen-bond acceptors (Lipinski definition) is 4. The Labute approximate surface area is 128 Å². The highest BCUT2D eigenvalue weighted by atomic mass is 32.2. The van der Waals surface area contributed by atoms with Gasteiger partial charge in [-0.3, -0.25) is 0 Å². The number of benzene rings is 1. The Balaban J connectivity index is 2.37. The molecule has 1 amide bonds. The molecule has 6 nitrogen and oxygen atoms in total. The SMILES string of the molecule is CCN(CC)C(=O)n1ccc(S(=O)(=O)c2cccc(F)c2)n1. The number of amides is 1. The van der Waals surface area contributed by atoms with E-state index in [0.717, 1.165) is 16.8 Å². The Kier molecular flexibility index (Phi) is 4.60. The molecule has 0 unspecified atom stereocenters. The van der Waals surface area contributed by atoms with E-state index in [1.54, 1.807) is 0 Å². The highest BCUT2D eigenvalue weighted by Gasteiger charge is 2.23. The number of rotatable bonds is 4. The molecule has 0 saturated heterocycles. The maximum Gasteiger partial charge on any atom is 0.344 e. The van der Waals surface area contributed by atoms with Gasteiger partial charge in [-0.05, 0) is 38.1 Å². The number of nitrogens with zero attached hydrogens (tertiary/aromatic N) is 3. The van der Waals surface area contributed by atoms with Crippen LogP contribution < -0.4 is 0 Å². The van der Waals surface area contributed by atoms with Crippen LogP contribution in [0.2, 0.25) is 0 Å². The number of carbonyl (C=O) groups excluding carboxylic acids is 1. The second kappa shape index (κ2) is 6.27. The molecule has 118 valence electrons.